The molecule has 0 unspecified atom stereocenters. The number of halogens is 6. The van der Waals surface area contributed by atoms with Crippen LogP contribution in [0.4, 0.5) is 17.6 Å². The van der Waals surface area contributed by atoms with Crippen LogP contribution in [-0.4, -0.2) is 15.1 Å². The highest BCUT2D eigenvalue weighted by molar-refractivity contribution is 8.93. The third-order valence-electron chi connectivity index (χ3n) is 2.31. The maximum atomic E-state index is 13.8. The van der Waals surface area contributed by atoms with E-state index >= 15 is 0 Å². The molecule has 0 fully saturated rings. The number of aromatic hydroxyl groups is 1. The molecule has 3 nitrogen and oxygen atoms in total. The van der Waals surface area contributed by atoms with E-state index in [1.54, 1.807) is 0 Å². The lowest BCUT2D eigenvalue weighted by Crippen LogP contribution is -2.09. The molecule has 20 heavy (non-hydrogen) atoms. The van der Waals surface area contributed by atoms with Crippen molar-refractivity contribution < 1.29 is 22.7 Å². The Bertz CT molecular complexity index is 636. The van der Waals surface area contributed by atoms with E-state index < -0.39 is 39.7 Å². The zero-order valence-electron chi connectivity index (χ0n) is 9.45. The molecule has 0 saturated carbocycles. The predicted octanol–water partition coefficient (Wildman–Crippen LogP) is 4.24. The highest BCUT2D eigenvalue weighted by Crippen LogP contribution is 2.40. The fourth-order valence-corrected chi connectivity index (χ4v) is 1.68. The molecule has 2 aromatic rings. The zero-order valence-corrected chi connectivity index (χ0v) is 11.9. The van der Waals surface area contributed by atoms with E-state index in [0.717, 1.165) is 18.5 Å². The van der Waals surface area contributed by atoms with Crippen molar-refractivity contribution in [3.8, 4) is 17.1 Å². The normalized spacial score (nSPS) is 11.1. The van der Waals surface area contributed by atoms with Crippen molar-refractivity contribution in [1.82, 2.24) is 9.97 Å². The number of hydrogen-bond donors (Lipinski definition) is 1. The van der Waals surface area contributed by atoms with Crippen LogP contribution in [0.1, 0.15) is 5.56 Å². The lowest BCUT2D eigenvalue weighted by atomic mass is 10.0. The van der Waals surface area contributed by atoms with Gasteiger partial charge in [0.05, 0.1) is 16.3 Å². The summed E-state index contributed by atoms with van der Waals surface area (Å²) in [4.78, 5) is 6.83. The molecule has 0 radical (unpaired) electrons. The summed E-state index contributed by atoms with van der Waals surface area (Å²) in [5.74, 6) is -1.83. The molecule has 1 N–H and O–H groups in total. The van der Waals surface area contributed by atoms with Crippen molar-refractivity contribution in [2.24, 2.45) is 0 Å². The molecule has 0 aliphatic rings. The first kappa shape index (κ1) is 16.6. The number of rotatable bonds is 1. The third-order valence-corrected chi connectivity index (χ3v) is 2.60. The van der Waals surface area contributed by atoms with Gasteiger partial charge in [-0.15, -0.1) is 17.0 Å². The average Bonchev–Trinajstić information content (AvgIpc) is 2.31. The molecule has 1 aromatic heterocycles. The number of nitrogens with zero attached hydrogens (tertiary/aromatic N) is 2. The summed E-state index contributed by atoms with van der Waals surface area (Å²) in [6.07, 6.45) is -3.95. The number of benzene rings is 1. The van der Waals surface area contributed by atoms with E-state index in [9.17, 15) is 17.6 Å². The van der Waals surface area contributed by atoms with Crippen molar-refractivity contribution >= 4 is 28.6 Å². The lowest BCUT2D eigenvalue weighted by Gasteiger charge is -2.13. The summed E-state index contributed by atoms with van der Waals surface area (Å²) < 4.78 is 52.3. The summed E-state index contributed by atoms with van der Waals surface area (Å²) in [7, 11) is 0. The third kappa shape index (κ3) is 3.18. The molecule has 1 heterocycles. The topological polar surface area (TPSA) is 46.0 Å². The van der Waals surface area contributed by atoms with Crippen LogP contribution in [0, 0.1) is 5.82 Å². The van der Waals surface area contributed by atoms with Crippen LogP contribution < -0.4 is 0 Å². The van der Waals surface area contributed by atoms with Crippen molar-refractivity contribution in [2.45, 2.75) is 6.18 Å². The van der Waals surface area contributed by atoms with E-state index in [4.69, 9.17) is 16.7 Å². The smallest absolute Gasteiger partial charge is 0.417 e. The minimum atomic E-state index is -4.78. The highest BCUT2D eigenvalue weighted by Gasteiger charge is 2.36. The summed E-state index contributed by atoms with van der Waals surface area (Å²) in [6.45, 7) is 0. The summed E-state index contributed by atoms with van der Waals surface area (Å²) >= 11 is 5.48. The van der Waals surface area contributed by atoms with Gasteiger partial charge < -0.3 is 5.11 Å². The van der Waals surface area contributed by atoms with Crippen LogP contribution in [0.15, 0.2) is 24.5 Å². The molecule has 0 saturated heterocycles. The monoisotopic (exact) mass is 372 g/mol. The first-order valence-corrected chi connectivity index (χ1v) is 5.25. The van der Waals surface area contributed by atoms with Gasteiger partial charge in [-0.25, -0.2) is 14.4 Å². The van der Waals surface area contributed by atoms with Crippen molar-refractivity contribution in [1.29, 1.82) is 0 Å². The summed E-state index contributed by atoms with van der Waals surface area (Å²) in [5, 5.41) is 8.67. The fourth-order valence-electron chi connectivity index (χ4n) is 1.52. The van der Waals surface area contributed by atoms with Gasteiger partial charge in [0, 0.05) is 11.6 Å². The van der Waals surface area contributed by atoms with Gasteiger partial charge in [-0.2, -0.15) is 13.2 Å². The second-order valence-corrected chi connectivity index (χ2v) is 3.95. The predicted molar refractivity (Wildman–Crippen MR) is 69.4 cm³/mol. The Labute approximate surface area is 126 Å². The Balaban J connectivity index is 0.00000200. The van der Waals surface area contributed by atoms with Gasteiger partial charge in [0.2, 0.25) is 5.88 Å². The van der Waals surface area contributed by atoms with E-state index in [1.165, 1.54) is 0 Å². The van der Waals surface area contributed by atoms with Gasteiger partial charge in [-0.1, -0.05) is 11.6 Å². The number of hydrogen-bond acceptors (Lipinski definition) is 3. The van der Waals surface area contributed by atoms with Gasteiger partial charge in [0.25, 0.3) is 0 Å². The van der Waals surface area contributed by atoms with E-state index in [1.807, 2.05) is 0 Å². The second kappa shape index (κ2) is 5.92. The van der Waals surface area contributed by atoms with Gasteiger partial charge >= 0.3 is 6.18 Å². The molecule has 0 bridgehead atoms. The first-order valence-electron chi connectivity index (χ1n) is 4.87. The second-order valence-electron chi connectivity index (χ2n) is 3.54. The molecule has 0 spiro atoms. The molecule has 9 heteroatoms. The fraction of sp³-hybridized carbons (Fsp3) is 0.0909. The van der Waals surface area contributed by atoms with Gasteiger partial charge in [0.1, 0.15) is 6.33 Å². The zero-order chi connectivity index (χ0) is 14.2. The standard InChI is InChI=1S/C11H5ClF4N2O.BrH/c12-6-2-1-5(11(14,15)16)9(10(6)13)7-3-8(19)18-4-17-7;/h1-4H,(H,17,18,19);1H. The van der Waals surface area contributed by atoms with Crippen LogP contribution in [0.3, 0.4) is 0 Å². The van der Waals surface area contributed by atoms with Crippen LogP contribution in [0.2, 0.25) is 5.02 Å². The maximum absolute atomic E-state index is 13.8. The molecular formula is C11H6BrClF4N2O. The quantitative estimate of drug-likeness (QED) is 0.761. The molecule has 0 atom stereocenters. The largest absolute Gasteiger partial charge is 0.493 e. The Kier molecular flexibility index (Phi) is 4.93. The van der Waals surface area contributed by atoms with Crippen LogP contribution in [-0.2, 0) is 6.18 Å². The van der Waals surface area contributed by atoms with E-state index in [2.05, 4.69) is 9.97 Å². The minimum absolute atomic E-state index is 0. The lowest BCUT2D eigenvalue weighted by molar-refractivity contribution is -0.137. The van der Waals surface area contributed by atoms with Crippen LogP contribution in [0.25, 0.3) is 11.3 Å². The van der Waals surface area contributed by atoms with Gasteiger partial charge in [-0.05, 0) is 12.1 Å². The number of aromatic nitrogens is 2. The van der Waals surface area contributed by atoms with Crippen molar-refractivity contribution in [2.75, 3.05) is 0 Å². The minimum Gasteiger partial charge on any atom is -0.493 e. The highest BCUT2D eigenvalue weighted by atomic mass is 79.9. The van der Waals surface area contributed by atoms with E-state index in [-0.39, 0.29) is 17.0 Å². The maximum Gasteiger partial charge on any atom is 0.417 e. The van der Waals surface area contributed by atoms with Crippen molar-refractivity contribution in [3.63, 3.8) is 0 Å². The average molecular weight is 374 g/mol. The molecule has 108 valence electrons. The Morgan fingerprint density at radius 3 is 2.35 bits per heavy atom. The molecule has 2 rings (SSSR count). The molecule has 0 aliphatic heterocycles. The number of alkyl halides is 3. The van der Waals surface area contributed by atoms with E-state index in [0.29, 0.717) is 6.07 Å². The van der Waals surface area contributed by atoms with Crippen LogP contribution in [0.5, 0.6) is 5.88 Å². The first-order chi connectivity index (χ1) is 8.80. The van der Waals surface area contributed by atoms with Gasteiger partial charge in [-0.3, -0.25) is 0 Å². The Morgan fingerprint density at radius 1 is 1.15 bits per heavy atom. The molecule has 0 aliphatic carbocycles. The Morgan fingerprint density at radius 2 is 1.80 bits per heavy atom. The molecule has 0 amide bonds. The SMILES string of the molecule is Br.Oc1cc(-c2c(C(F)(F)F)ccc(Cl)c2F)ncn1. The van der Waals surface area contributed by atoms with Crippen LogP contribution >= 0.6 is 28.6 Å². The van der Waals surface area contributed by atoms with Gasteiger partial charge in [0.15, 0.2) is 5.82 Å². The summed E-state index contributed by atoms with van der Waals surface area (Å²) in [6, 6.07) is 2.29. The molecular weight excluding hydrogens is 367 g/mol. The summed E-state index contributed by atoms with van der Waals surface area (Å²) in [5.41, 5.74) is -2.45. The molecule has 1 aromatic carbocycles. The van der Waals surface area contributed by atoms with Crippen molar-refractivity contribution in [3.05, 3.63) is 40.9 Å². The Hall–Kier alpha value is -1.41.